The molecule has 0 saturated carbocycles. The average molecular weight is 314 g/mol. The van der Waals surface area contributed by atoms with E-state index in [2.05, 4.69) is 0 Å². The molecule has 0 amide bonds. The van der Waals surface area contributed by atoms with Crippen LogP contribution in [-0.4, -0.2) is 4.92 Å². The second-order valence-electron chi connectivity index (χ2n) is 4.19. The van der Waals surface area contributed by atoms with Gasteiger partial charge in [0.25, 0.3) is 0 Å². The molecule has 0 heterocycles. The summed E-state index contributed by atoms with van der Waals surface area (Å²) in [7, 11) is 0. The third-order valence-corrected chi connectivity index (χ3v) is 3.10. The first kappa shape index (κ1) is 15.2. The molecule has 0 aromatic heterocycles. The average Bonchev–Trinajstić information content (AvgIpc) is 2.48. The molecule has 0 unspecified atom stereocenters. The third-order valence-electron chi connectivity index (χ3n) is 2.79. The largest absolute Gasteiger partial charge is 0.482 e. The quantitative estimate of drug-likeness (QED) is 0.472. The van der Waals surface area contributed by atoms with Crippen LogP contribution in [0.2, 0.25) is 0 Å². The van der Waals surface area contributed by atoms with Crippen LogP contribution in [0.3, 0.4) is 0 Å². The molecule has 0 saturated heterocycles. The molecule has 0 atom stereocenters. The summed E-state index contributed by atoms with van der Waals surface area (Å²) in [6.45, 7) is -0.315. The van der Waals surface area contributed by atoms with Crippen LogP contribution < -0.4 is 4.74 Å². The van der Waals surface area contributed by atoms with Crippen LogP contribution in [0.15, 0.2) is 36.4 Å². The predicted molar refractivity (Wildman–Crippen MR) is 73.3 cm³/mol. The van der Waals surface area contributed by atoms with Gasteiger partial charge in [-0.1, -0.05) is 18.2 Å². The maximum absolute atomic E-state index is 13.5. The van der Waals surface area contributed by atoms with Gasteiger partial charge >= 0.3 is 5.69 Å². The van der Waals surface area contributed by atoms with Crippen LogP contribution in [0.4, 0.5) is 14.5 Å². The smallest absolute Gasteiger partial charge is 0.311 e. The highest BCUT2D eigenvalue weighted by Crippen LogP contribution is 2.29. The molecule has 0 aliphatic heterocycles. The number of ether oxygens (including phenoxy) is 1. The summed E-state index contributed by atoms with van der Waals surface area (Å²) >= 11 is 5.61. The van der Waals surface area contributed by atoms with Crippen LogP contribution in [-0.2, 0) is 12.5 Å². The zero-order chi connectivity index (χ0) is 15.4. The monoisotopic (exact) mass is 313 g/mol. The molecular formula is C14H10ClF2NO3. The van der Waals surface area contributed by atoms with Crippen molar-refractivity contribution < 1.29 is 18.4 Å². The highest BCUT2D eigenvalue weighted by Gasteiger charge is 2.17. The fraction of sp³-hybridized carbons (Fsp3) is 0.143. The van der Waals surface area contributed by atoms with Gasteiger partial charge in [0.15, 0.2) is 17.4 Å². The molecule has 0 N–H and O–H groups in total. The van der Waals surface area contributed by atoms with Crippen LogP contribution in [0.25, 0.3) is 0 Å². The van der Waals surface area contributed by atoms with E-state index < -0.39 is 16.6 Å². The molecule has 4 nitrogen and oxygen atoms in total. The lowest BCUT2D eigenvalue weighted by Gasteiger charge is -2.08. The van der Waals surface area contributed by atoms with Gasteiger partial charge in [0.05, 0.1) is 4.92 Å². The van der Waals surface area contributed by atoms with Crippen molar-refractivity contribution in [2.45, 2.75) is 12.5 Å². The number of nitro groups is 1. The molecule has 7 heteroatoms. The number of rotatable bonds is 5. The van der Waals surface area contributed by atoms with Gasteiger partial charge in [0, 0.05) is 17.5 Å². The second kappa shape index (κ2) is 6.49. The van der Waals surface area contributed by atoms with Gasteiger partial charge in [-0.2, -0.15) is 0 Å². The Labute approximate surface area is 124 Å². The summed E-state index contributed by atoms with van der Waals surface area (Å²) in [6, 6.07) is 7.89. The molecule has 21 heavy (non-hydrogen) atoms. The van der Waals surface area contributed by atoms with E-state index in [-0.39, 0.29) is 29.5 Å². The fourth-order valence-electron chi connectivity index (χ4n) is 1.73. The van der Waals surface area contributed by atoms with Crippen molar-refractivity contribution in [3.8, 4) is 5.75 Å². The number of nitro benzene ring substituents is 1. The molecule has 0 radical (unpaired) electrons. The van der Waals surface area contributed by atoms with Gasteiger partial charge in [0.1, 0.15) is 6.61 Å². The third kappa shape index (κ3) is 3.46. The van der Waals surface area contributed by atoms with Gasteiger partial charge in [-0.15, -0.1) is 11.6 Å². The lowest BCUT2D eigenvalue weighted by molar-refractivity contribution is -0.386. The molecule has 110 valence electrons. The normalized spacial score (nSPS) is 10.4. The van der Waals surface area contributed by atoms with E-state index in [4.69, 9.17) is 16.3 Å². The summed E-state index contributed by atoms with van der Waals surface area (Å²) in [5.74, 6) is -1.93. The summed E-state index contributed by atoms with van der Waals surface area (Å²) in [5.41, 5.74) is 0.267. The zero-order valence-corrected chi connectivity index (χ0v) is 11.4. The number of nitrogens with zero attached hydrogens (tertiary/aromatic N) is 1. The Kier molecular flexibility index (Phi) is 4.70. The van der Waals surface area contributed by atoms with E-state index in [0.29, 0.717) is 5.56 Å². The number of hydrogen-bond donors (Lipinski definition) is 0. The number of alkyl halides is 1. The summed E-state index contributed by atoms with van der Waals surface area (Å²) < 4.78 is 31.8. The molecule has 0 fully saturated rings. The van der Waals surface area contributed by atoms with Crippen LogP contribution in [0.1, 0.15) is 11.1 Å². The Balaban J connectivity index is 2.23. The standard InChI is InChI=1S/C14H10ClF2NO3/c15-7-9-4-5-13(12(6-9)18(19)20)21-8-10-2-1-3-11(16)14(10)17/h1-6H,7-8H2. The SMILES string of the molecule is O=[N+]([O-])c1cc(CCl)ccc1OCc1cccc(F)c1F. The molecular weight excluding hydrogens is 304 g/mol. The van der Waals surface area contributed by atoms with Crippen molar-refractivity contribution in [1.29, 1.82) is 0 Å². The minimum absolute atomic E-state index is 0.0225. The van der Waals surface area contributed by atoms with Crippen molar-refractivity contribution in [3.63, 3.8) is 0 Å². The van der Waals surface area contributed by atoms with E-state index >= 15 is 0 Å². The lowest BCUT2D eigenvalue weighted by atomic mass is 10.2. The van der Waals surface area contributed by atoms with E-state index in [9.17, 15) is 18.9 Å². The van der Waals surface area contributed by atoms with E-state index in [1.807, 2.05) is 0 Å². The van der Waals surface area contributed by atoms with Crippen molar-refractivity contribution >= 4 is 17.3 Å². The van der Waals surface area contributed by atoms with Gasteiger partial charge in [-0.05, 0) is 17.7 Å². The molecule has 2 aromatic carbocycles. The Morgan fingerprint density at radius 3 is 2.67 bits per heavy atom. The molecule has 0 bridgehead atoms. The first-order valence-electron chi connectivity index (χ1n) is 5.92. The van der Waals surface area contributed by atoms with Crippen molar-refractivity contribution in [2.75, 3.05) is 0 Å². The summed E-state index contributed by atoms with van der Waals surface area (Å²) in [4.78, 5) is 10.4. The minimum Gasteiger partial charge on any atom is -0.482 e. The van der Waals surface area contributed by atoms with Gasteiger partial charge < -0.3 is 4.74 Å². The zero-order valence-electron chi connectivity index (χ0n) is 10.7. The van der Waals surface area contributed by atoms with Gasteiger partial charge in [-0.25, -0.2) is 8.78 Å². The molecule has 2 aromatic rings. The first-order valence-corrected chi connectivity index (χ1v) is 6.45. The highest BCUT2D eigenvalue weighted by atomic mass is 35.5. The Hall–Kier alpha value is -2.21. The van der Waals surface area contributed by atoms with Crippen molar-refractivity contribution in [1.82, 2.24) is 0 Å². The Morgan fingerprint density at radius 1 is 1.24 bits per heavy atom. The molecule has 0 aliphatic rings. The highest BCUT2D eigenvalue weighted by molar-refractivity contribution is 6.17. The number of hydrogen-bond acceptors (Lipinski definition) is 3. The van der Waals surface area contributed by atoms with Crippen LogP contribution in [0, 0.1) is 21.7 Å². The maximum atomic E-state index is 13.5. The van der Waals surface area contributed by atoms with E-state index in [1.54, 1.807) is 6.07 Å². The predicted octanol–water partition coefficient (Wildman–Crippen LogP) is 4.19. The van der Waals surface area contributed by atoms with Gasteiger partial charge in [0.2, 0.25) is 0 Å². The number of benzene rings is 2. The summed E-state index contributed by atoms with van der Waals surface area (Å²) in [5, 5.41) is 11.0. The van der Waals surface area contributed by atoms with Crippen LogP contribution in [0.5, 0.6) is 5.75 Å². The van der Waals surface area contributed by atoms with Crippen LogP contribution >= 0.6 is 11.6 Å². The van der Waals surface area contributed by atoms with E-state index in [1.165, 1.54) is 24.3 Å². The molecule has 0 spiro atoms. The maximum Gasteiger partial charge on any atom is 0.311 e. The summed E-state index contributed by atoms with van der Waals surface area (Å²) in [6.07, 6.45) is 0. The Bertz CT molecular complexity index is 679. The minimum atomic E-state index is -1.03. The second-order valence-corrected chi connectivity index (χ2v) is 4.46. The fourth-order valence-corrected chi connectivity index (χ4v) is 1.89. The van der Waals surface area contributed by atoms with Crippen molar-refractivity contribution in [2.24, 2.45) is 0 Å². The lowest BCUT2D eigenvalue weighted by Crippen LogP contribution is -2.02. The molecule has 0 aliphatic carbocycles. The van der Waals surface area contributed by atoms with Crippen molar-refractivity contribution in [3.05, 3.63) is 69.3 Å². The Morgan fingerprint density at radius 2 is 2.00 bits per heavy atom. The van der Waals surface area contributed by atoms with Gasteiger partial charge in [-0.3, -0.25) is 10.1 Å². The first-order chi connectivity index (χ1) is 10.0. The topological polar surface area (TPSA) is 52.4 Å². The molecule has 2 rings (SSSR count). The van der Waals surface area contributed by atoms with E-state index in [0.717, 1.165) is 6.07 Å². The number of halogens is 3.